The molecule has 0 fully saturated rings. The Morgan fingerprint density at radius 1 is 1.44 bits per heavy atom. The highest BCUT2D eigenvalue weighted by molar-refractivity contribution is 9.10. The van der Waals surface area contributed by atoms with Crippen LogP contribution in [0, 0.1) is 12.7 Å². The van der Waals surface area contributed by atoms with Crippen molar-refractivity contribution in [1.82, 2.24) is 14.9 Å². The first-order valence-electron chi connectivity index (χ1n) is 5.66. The first-order valence-corrected chi connectivity index (χ1v) is 6.46. The summed E-state index contributed by atoms with van der Waals surface area (Å²) in [5.41, 5.74) is 2.55. The van der Waals surface area contributed by atoms with Crippen molar-refractivity contribution in [2.24, 2.45) is 7.05 Å². The maximum Gasteiger partial charge on any atom is 0.132 e. The highest BCUT2D eigenvalue weighted by Crippen LogP contribution is 2.29. The normalized spacial score (nSPS) is 10.9. The smallest absolute Gasteiger partial charge is 0.132 e. The lowest BCUT2D eigenvalue weighted by atomic mass is 10.1. The van der Waals surface area contributed by atoms with Crippen LogP contribution in [-0.4, -0.2) is 16.6 Å². The molecule has 0 bridgehead atoms. The van der Waals surface area contributed by atoms with E-state index >= 15 is 0 Å². The van der Waals surface area contributed by atoms with E-state index in [2.05, 4.69) is 26.2 Å². The van der Waals surface area contributed by atoms with Crippen molar-refractivity contribution in [1.29, 1.82) is 0 Å². The van der Waals surface area contributed by atoms with Gasteiger partial charge in [-0.15, -0.1) is 0 Å². The van der Waals surface area contributed by atoms with E-state index in [0.717, 1.165) is 21.7 Å². The molecule has 0 unspecified atom stereocenters. The van der Waals surface area contributed by atoms with Crippen LogP contribution < -0.4 is 5.32 Å². The molecular weight excluding hydrogens is 297 g/mol. The van der Waals surface area contributed by atoms with Gasteiger partial charge >= 0.3 is 0 Å². The van der Waals surface area contributed by atoms with Gasteiger partial charge in [-0.3, -0.25) is 0 Å². The molecule has 0 saturated carbocycles. The van der Waals surface area contributed by atoms with E-state index in [1.54, 1.807) is 13.0 Å². The number of imidazole rings is 1. The average Bonchev–Trinajstić information content (AvgIpc) is 2.59. The molecule has 2 aromatic rings. The minimum Gasteiger partial charge on any atom is -0.329 e. The number of rotatable bonds is 3. The Morgan fingerprint density at radius 3 is 2.78 bits per heavy atom. The summed E-state index contributed by atoms with van der Waals surface area (Å²) in [6.45, 7) is 2.45. The molecule has 0 amide bonds. The lowest BCUT2D eigenvalue weighted by Gasteiger charge is -2.07. The van der Waals surface area contributed by atoms with Gasteiger partial charge in [0.15, 0.2) is 0 Å². The summed E-state index contributed by atoms with van der Waals surface area (Å²) in [6, 6.07) is 5.09. The third-order valence-electron chi connectivity index (χ3n) is 2.91. The maximum atomic E-state index is 13.3. The van der Waals surface area contributed by atoms with Crippen LogP contribution in [0.4, 0.5) is 4.39 Å². The Morgan fingerprint density at radius 2 is 2.17 bits per heavy atom. The van der Waals surface area contributed by atoms with Crippen molar-refractivity contribution < 1.29 is 4.39 Å². The molecule has 1 aromatic carbocycles. The Hall–Kier alpha value is -1.20. The van der Waals surface area contributed by atoms with Gasteiger partial charge in [-0.2, -0.15) is 0 Å². The van der Waals surface area contributed by atoms with Gasteiger partial charge in [-0.1, -0.05) is 0 Å². The maximum absolute atomic E-state index is 13.3. The van der Waals surface area contributed by atoms with E-state index in [1.807, 2.05) is 24.7 Å². The van der Waals surface area contributed by atoms with Crippen molar-refractivity contribution in [3.05, 3.63) is 40.0 Å². The topological polar surface area (TPSA) is 29.9 Å². The van der Waals surface area contributed by atoms with Crippen molar-refractivity contribution in [3.63, 3.8) is 0 Å². The molecule has 1 aromatic heterocycles. The zero-order chi connectivity index (χ0) is 13.3. The van der Waals surface area contributed by atoms with E-state index in [4.69, 9.17) is 0 Å². The lowest BCUT2D eigenvalue weighted by Crippen LogP contribution is -2.10. The van der Waals surface area contributed by atoms with E-state index in [0.29, 0.717) is 12.1 Å². The van der Waals surface area contributed by atoms with Gasteiger partial charge in [0.25, 0.3) is 0 Å². The molecule has 0 aliphatic heterocycles. The summed E-state index contributed by atoms with van der Waals surface area (Å²) in [4.78, 5) is 4.45. The number of hydrogen-bond donors (Lipinski definition) is 1. The molecule has 0 radical (unpaired) electrons. The minimum absolute atomic E-state index is 0.188. The lowest BCUT2D eigenvalue weighted by molar-refractivity contribution is 0.618. The van der Waals surface area contributed by atoms with E-state index in [9.17, 15) is 4.39 Å². The fourth-order valence-electron chi connectivity index (χ4n) is 1.93. The van der Waals surface area contributed by atoms with Crippen LogP contribution in [0.5, 0.6) is 0 Å². The molecule has 2 rings (SSSR count). The summed E-state index contributed by atoms with van der Waals surface area (Å²) >= 11 is 3.46. The zero-order valence-corrected chi connectivity index (χ0v) is 12.2. The summed E-state index contributed by atoms with van der Waals surface area (Å²) in [5, 5.41) is 3.07. The summed E-state index contributed by atoms with van der Waals surface area (Å²) in [5.74, 6) is 0.744. The van der Waals surface area contributed by atoms with Gasteiger partial charge in [-0.25, -0.2) is 9.37 Å². The number of aromatic nitrogens is 2. The number of nitrogens with one attached hydrogen (secondary N) is 1. The van der Waals surface area contributed by atoms with E-state index < -0.39 is 0 Å². The summed E-state index contributed by atoms with van der Waals surface area (Å²) < 4.78 is 16.1. The molecular formula is C13H15BrFN3. The van der Waals surface area contributed by atoms with Crippen molar-refractivity contribution >= 4 is 15.9 Å². The highest BCUT2D eigenvalue weighted by atomic mass is 79.9. The molecule has 1 heterocycles. The standard InChI is InChI=1S/C13H15BrFN3/c1-8-6-9(4-5-10(8)15)12-13(14)17-11(7-16-2)18(12)3/h4-6,16H,7H2,1-3H3. The van der Waals surface area contributed by atoms with Gasteiger partial charge < -0.3 is 9.88 Å². The second kappa shape index (κ2) is 5.20. The third kappa shape index (κ3) is 2.33. The number of halogens is 2. The fourth-order valence-corrected chi connectivity index (χ4v) is 2.63. The second-order valence-corrected chi connectivity index (χ2v) is 4.97. The quantitative estimate of drug-likeness (QED) is 0.944. The van der Waals surface area contributed by atoms with E-state index in [1.165, 1.54) is 6.07 Å². The Labute approximate surface area is 114 Å². The predicted molar refractivity (Wildman–Crippen MR) is 73.8 cm³/mol. The Kier molecular flexibility index (Phi) is 3.82. The molecule has 18 heavy (non-hydrogen) atoms. The Bertz CT molecular complexity index is 578. The first-order chi connectivity index (χ1) is 8.54. The van der Waals surface area contributed by atoms with Crippen LogP contribution in [0.25, 0.3) is 11.3 Å². The van der Waals surface area contributed by atoms with Crippen LogP contribution in [0.1, 0.15) is 11.4 Å². The molecule has 1 N–H and O–H groups in total. The van der Waals surface area contributed by atoms with Gasteiger partial charge in [0, 0.05) is 12.6 Å². The van der Waals surface area contributed by atoms with Crippen LogP contribution >= 0.6 is 15.9 Å². The van der Waals surface area contributed by atoms with Crippen LogP contribution in [0.3, 0.4) is 0 Å². The highest BCUT2D eigenvalue weighted by Gasteiger charge is 2.14. The van der Waals surface area contributed by atoms with Gasteiger partial charge in [0.2, 0.25) is 0 Å². The number of aryl methyl sites for hydroxylation is 1. The molecule has 0 aliphatic rings. The first kappa shape index (κ1) is 13.2. The fraction of sp³-hybridized carbons (Fsp3) is 0.308. The number of hydrogen-bond acceptors (Lipinski definition) is 2. The Balaban J connectivity index is 2.53. The van der Waals surface area contributed by atoms with Crippen LogP contribution in [-0.2, 0) is 13.6 Å². The van der Waals surface area contributed by atoms with Crippen LogP contribution in [0.15, 0.2) is 22.8 Å². The number of benzene rings is 1. The summed E-state index contributed by atoms with van der Waals surface area (Å²) in [7, 11) is 3.84. The van der Waals surface area contributed by atoms with Gasteiger partial charge in [0.1, 0.15) is 16.2 Å². The molecule has 0 saturated heterocycles. The molecule has 0 atom stereocenters. The average molecular weight is 312 g/mol. The molecule has 0 aliphatic carbocycles. The molecule has 3 nitrogen and oxygen atoms in total. The monoisotopic (exact) mass is 311 g/mol. The van der Waals surface area contributed by atoms with Gasteiger partial charge in [0.05, 0.1) is 12.2 Å². The predicted octanol–water partition coefficient (Wildman–Crippen LogP) is 3.02. The van der Waals surface area contributed by atoms with Gasteiger partial charge in [-0.05, 0) is 53.7 Å². The molecule has 5 heteroatoms. The van der Waals surface area contributed by atoms with Crippen LogP contribution in [0.2, 0.25) is 0 Å². The molecule has 96 valence electrons. The third-order valence-corrected chi connectivity index (χ3v) is 3.46. The SMILES string of the molecule is CNCc1nc(Br)c(-c2ccc(F)c(C)c2)n1C. The van der Waals surface area contributed by atoms with Crippen molar-refractivity contribution in [2.45, 2.75) is 13.5 Å². The second-order valence-electron chi connectivity index (χ2n) is 4.22. The zero-order valence-electron chi connectivity index (χ0n) is 10.6. The van der Waals surface area contributed by atoms with E-state index in [-0.39, 0.29) is 5.82 Å². The van der Waals surface area contributed by atoms with Crippen molar-refractivity contribution in [3.8, 4) is 11.3 Å². The van der Waals surface area contributed by atoms with Crippen molar-refractivity contribution in [2.75, 3.05) is 7.05 Å². The summed E-state index contributed by atoms with van der Waals surface area (Å²) in [6.07, 6.45) is 0. The minimum atomic E-state index is -0.188. The molecule has 0 spiro atoms. The largest absolute Gasteiger partial charge is 0.329 e. The number of nitrogens with zero attached hydrogens (tertiary/aromatic N) is 2.